The predicted octanol–water partition coefficient (Wildman–Crippen LogP) is 4.04. The van der Waals surface area contributed by atoms with Crippen molar-refractivity contribution >= 4 is 0 Å². The summed E-state index contributed by atoms with van der Waals surface area (Å²) in [5.41, 5.74) is 2.41. The molecule has 0 saturated carbocycles. The zero-order valence-electron chi connectivity index (χ0n) is 12.6. The van der Waals surface area contributed by atoms with Gasteiger partial charge in [0.25, 0.3) is 0 Å². The summed E-state index contributed by atoms with van der Waals surface area (Å²) in [7, 11) is 0. The molecule has 1 saturated heterocycles. The molecule has 1 atom stereocenters. The van der Waals surface area contributed by atoms with E-state index in [-0.39, 0.29) is 6.04 Å². The van der Waals surface area contributed by atoms with E-state index in [0.29, 0.717) is 6.10 Å². The van der Waals surface area contributed by atoms with Gasteiger partial charge in [-0.1, -0.05) is 36.4 Å². The van der Waals surface area contributed by atoms with Gasteiger partial charge in [0.1, 0.15) is 11.5 Å². The van der Waals surface area contributed by atoms with Gasteiger partial charge in [0.15, 0.2) is 0 Å². The number of fused-ring (bicyclic) bond motifs is 2. The van der Waals surface area contributed by atoms with Crippen LogP contribution in [0.5, 0.6) is 11.5 Å². The Labute approximate surface area is 131 Å². The average Bonchev–Trinajstić information content (AvgIpc) is 2.59. The third kappa shape index (κ3) is 2.62. The maximum atomic E-state index is 6.03. The molecule has 1 unspecified atom stereocenters. The largest absolute Gasteiger partial charge is 0.457 e. The average molecular weight is 295 g/mol. The highest BCUT2D eigenvalue weighted by Crippen LogP contribution is 2.42. The fraction of sp³-hybridized carbons (Fsp3) is 0.368. The first-order chi connectivity index (χ1) is 10.9. The summed E-state index contributed by atoms with van der Waals surface area (Å²) < 4.78 is 11.9. The van der Waals surface area contributed by atoms with Crippen LogP contribution in [0.3, 0.4) is 0 Å². The van der Waals surface area contributed by atoms with Gasteiger partial charge in [-0.05, 0) is 31.4 Å². The zero-order valence-corrected chi connectivity index (χ0v) is 12.6. The van der Waals surface area contributed by atoms with E-state index in [4.69, 9.17) is 9.47 Å². The molecular formula is C19H21NO2. The lowest BCUT2D eigenvalue weighted by Gasteiger charge is -2.31. The van der Waals surface area contributed by atoms with Gasteiger partial charge >= 0.3 is 0 Å². The summed E-state index contributed by atoms with van der Waals surface area (Å²) in [4.78, 5) is 0. The molecule has 2 aliphatic heterocycles. The Bertz CT molecular complexity index is 604. The fourth-order valence-electron chi connectivity index (χ4n) is 3.35. The van der Waals surface area contributed by atoms with E-state index in [1.807, 2.05) is 24.3 Å². The van der Waals surface area contributed by atoms with Crippen molar-refractivity contribution in [2.45, 2.75) is 31.4 Å². The molecule has 0 radical (unpaired) electrons. The Morgan fingerprint density at radius 1 is 0.909 bits per heavy atom. The minimum atomic E-state index is 0.173. The third-order valence-corrected chi connectivity index (χ3v) is 4.50. The van der Waals surface area contributed by atoms with E-state index in [2.05, 4.69) is 29.6 Å². The van der Waals surface area contributed by atoms with Crippen LogP contribution in [0.4, 0.5) is 0 Å². The van der Waals surface area contributed by atoms with Gasteiger partial charge < -0.3 is 14.8 Å². The van der Waals surface area contributed by atoms with Crippen LogP contribution in [-0.2, 0) is 4.74 Å². The van der Waals surface area contributed by atoms with E-state index in [0.717, 1.165) is 31.1 Å². The monoisotopic (exact) mass is 295 g/mol. The minimum absolute atomic E-state index is 0.173. The van der Waals surface area contributed by atoms with Crippen LogP contribution in [0.25, 0.3) is 0 Å². The summed E-state index contributed by atoms with van der Waals surface area (Å²) in [6.07, 6.45) is 3.95. The van der Waals surface area contributed by atoms with Gasteiger partial charge in [-0.2, -0.15) is 0 Å². The molecule has 3 heteroatoms. The van der Waals surface area contributed by atoms with Crippen LogP contribution in [-0.4, -0.2) is 19.3 Å². The van der Waals surface area contributed by atoms with Gasteiger partial charge in [-0.25, -0.2) is 0 Å². The molecular weight excluding hydrogens is 274 g/mol. The third-order valence-electron chi connectivity index (χ3n) is 4.50. The van der Waals surface area contributed by atoms with E-state index in [9.17, 15) is 0 Å². The Morgan fingerprint density at radius 2 is 1.59 bits per heavy atom. The summed E-state index contributed by atoms with van der Waals surface area (Å²) in [6.45, 7) is 1.78. The second kappa shape index (κ2) is 6.11. The van der Waals surface area contributed by atoms with Crippen molar-refractivity contribution < 1.29 is 9.47 Å². The van der Waals surface area contributed by atoms with E-state index < -0.39 is 0 Å². The summed E-state index contributed by atoms with van der Waals surface area (Å²) in [6, 6.07) is 16.7. The van der Waals surface area contributed by atoms with Crippen LogP contribution in [0, 0.1) is 0 Å². The highest BCUT2D eigenvalue weighted by Gasteiger charge is 2.27. The van der Waals surface area contributed by atoms with Crippen molar-refractivity contribution in [3.8, 4) is 11.5 Å². The van der Waals surface area contributed by atoms with Gasteiger partial charge in [0.2, 0.25) is 0 Å². The summed E-state index contributed by atoms with van der Waals surface area (Å²) in [5.74, 6) is 1.89. The number of hydrogen-bond donors (Lipinski definition) is 1. The minimum Gasteiger partial charge on any atom is -0.457 e. The quantitative estimate of drug-likeness (QED) is 0.927. The molecule has 4 rings (SSSR count). The maximum absolute atomic E-state index is 6.03. The number of benzene rings is 2. The zero-order chi connectivity index (χ0) is 14.8. The van der Waals surface area contributed by atoms with E-state index >= 15 is 0 Å². The molecule has 1 N–H and O–H groups in total. The maximum Gasteiger partial charge on any atom is 0.132 e. The Kier molecular flexibility index (Phi) is 3.83. The topological polar surface area (TPSA) is 30.5 Å². The molecule has 0 aromatic heterocycles. The van der Waals surface area contributed by atoms with E-state index in [1.54, 1.807) is 0 Å². The molecule has 0 bridgehead atoms. The van der Waals surface area contributed by atoms with Crippen molar-refractivity contribution in [1.82, 2.24) is 5.32 Å². The molecule has 0 amide bonds. The van der Waals surface area contributed by atoms with Gasteiger partial charge in [0, 0.05) is 24.3 Å². The molecule has 2 heterocycles. The number of ether oxygens (including phenoxy) is 2. The van der Waals surface area contributed by atoms with Crippen molar-refractivity contribution in [2.24, 2.45) is 0 Å². The van der Waals surface area contributed by atoms with Crippen LogP contribution >= 0.6 is 0 Å². The standard InChI is InChI=1S/C19H21NO2/c1-3-10-17-15(8-1)19(16-9-2-4-11-18(16)22-17)20-13-14-7-5-6-12-21-14/h1-4,8-11,14,19-20H,5-7,12-13H2. The molecule has 2 aromatic carbocycles. The lowest BCUT2D eigenvalue weighted by atomic mass is 9.94. The molecule has 2 aromatic rings. The van der Waals surface area contributed by atoms with Crippen molar-refractivity contribution in [3.05, 3.63) is 59.7 Å². The first-order valence-corrected chi connectivity index (χ1v) is 8.12. The van der Waals surface area contributed by atoms with Crippen LogP contribution in [0.1, 0.15) is 36.4 Å². The SMILES string of the molecule is c1ccc2c(c1)Oc1ccccc1C2NCC1CCCCO1. The van der Waals surface area contributed by atoms with Gasteiger partial charge in [-0.3, -0.25) is 0 Å². The Balaban J connectivity index is 1.60. The Morgan fingerprint density at radius 3 is 2.23 bits per heavy atom. The molecule has 1 fully saturated rings. The van der Waals surface area contributed by atoms with Crippen molar-refractivity contribution in [3.63, 3.8) is 0 Å². The van der Waals surface area contributed by atoms with E-state index in [1.165, 1.54) is 24.0 Å². The van der Waals surface area contributed by atoms with Crippen LogP contribution in [0.15, 0.2) is 48.5 Å². The second-order valence-corrected chi connectivity index (χ2v) is 6.01. The molecule has 0 aliphatic carbocycles. The number of nitrogens with one attached hydrogen (secondary N) is 1. The van der Waals surface area contributed by atoms with Crippen molar-refractivity contribution in [2.75, 3.05) is 13.2 Å². The summed E-state index contributed by atoms with van der Waals surface area (Å²) >= 11 is 0. The predicted molar refractivity (Wildman–Crippen MR) is 86.4 cm³/mol. The highest BCUT2D eigenvalue weighted by atomic mass is 16.5. The first-order valence-electron chi connectivity index (χ1n) is 8.12. The van der Waals surface area contributed by atoms with Gasteiger partial charge in [-0.15, -0.1) is 0 Å². The van der Waals surface area contributed by atoms with Crippen LogP contribution < -0.4 is 10.1 Å². The number of para-hydroxylation sites is 2. The van der Waals surface area contributed by atoms with Crippen LogP contribution in [0.2, 0.25) is 0 Å². The van der Waals surface area contributed by atoms with Gasteiger partial charge in [0.05, 0.1) is 12.1 Å². The molecule has 114 valence electrons. The molecule has 2 aliphatic rings. The van der Waals surface area contributed by atoms with Crippen molar-refractivity contribution in [1.29, 1.82) is 0 Å². The molecule has 3 nitrogen and oxygen atoms in total. The fourth-order valence-corrected chi connectivity index (χ4v) is 3.35. The lowest BCUT2D eigenvalue weighted by molar-refractivity contribution is 0.0158. The second-order valence-electron chi connectivity index (χ2n) is 6.01. The summed E-state index contributed by atoms with van der Waals surface area (Å²) in [5, 5.41) is 3.70. The number of rotatable bonds is 3. The number of hydrogen-bond acceptors (Lipinski definition) is 3. The highest BCUT2D eigenvalue weighted by molar-refractivity contribution is 5.52. The normalized spacial score (nSPS) is 20.8. The Hall–Kier alpha value is -1.84. The molecule has 22 heavy (non-hydrogen) atoms. The lowest BCUT2D eigenvalue weighted by Crippen LogP contribution is -2.35. The first kappa shape index (κ1) is 13.8. The smallest absolute Gasteiger partial charge is 0.132 e. The molecule has 0 spiro atoms.